The molecule has 0 aliphatic carbocycles. The van der Waals surface area contributed by atoms with Crippen molar-refractivity contribution in [1.82, 2.24) is 0 Å². The SMILES string of the molecule is CCOC(=O)[C@@H](C(N)c1ccccc1)[C@H](OS(C)(=O)=O)C(=O)OC. The van der Waals surface area contributed by atoms with Gasteiger partial charge < -0.3 is 15.2 Å². The first-order valence-corrected chi connectivity index (χ1v) is 8.96. The summed E-state index contributed by atoms with van der Waals surface area (Å²) in [5.74, 6) is -3.28. The van der Waals surface area contributed by atoms with Crippen LogP contribution in [-0.2, 0) is 33.4 Å². The van der Waals surface area contributed by atoms with Crippen molar-refractivity contribution in [3.8, 4) is 0 Å². The average Bonchev–Trinajstić information content (AvgIpc) is 2.53. The number of benzene rings is 1. The maximum absolute atomic E-state index is 12.3. The van der Waals surface area contributed by atoms with Gasteiger partial charge in [-0.1, -0.05) is 30.3 Å². The predicted octanol–water partition coefficient (Wildman–Crippen LogP) is 0.384. The molecule has 0 heterocycles. The average molecular weight is 359 g/mol. The van der Waals surface area contributed by atoms with E-state index in [4.69, 9.17) is 14.7 Å². The Hall–Kier alpha value is -1.97. The van der Waals surface area contributed by atoms with Crippen LogP contribution in [-0.4, -0.2) is 46.4 Å². The Morgan fingerprint density at radius 1 is 1.17 bits per heavy atom. The number of ether oxygens (including phenoxy) is 2. The van der Waals surface area contributed by atoms with Gasteiger partial charge >= 0.3 is 11.9 Å². The first-order chi connectivity index (χ1) is 11.2. The molecule has 3 atom stereocenters. The van der Waals surface area contributed by atoms with E-state index in [1.54, 1.807) is 37.3 Å². The molecule has 0 aromatic heterocycles. The summed E-state index contributed by atoms with van der Waals surface area (Å²) in [6.07, 6.45) is -0.988. The van der Waals surface area contributed by atoms with Gasteiger partial charge in [0.1, 0.15) is 5.92 Å². The standard InChI is InChI=1S/C15H21NO7S/c1-4-22-14(17)11(12(16)10-8-6-5-7-9-10)13(15(18)21-2)23-24(3,19)20/h5-9,11-13H,4,16H2,1-3H3/t11-,12?,13-/m0/s1. The molecule has 2 N–H and O–H groups in total. The molecule has 0 spiro atoms. The molecule has 0 radical (unpaired) electrons. The van der Waals surface area contributed by atoms with Crippen molar-refractivity contribution < 1.29 is 31.7 Å². The third-order valence-corrected chi connectivity index (χ3v) is 3.73. The van der Waals surface area contributed by atoms with Crippen molar-refractivity contribution >= 4 is 22.1 Å². The highest BCUT2D eigenvalue weighted by molar-refractivity contribution is 7.86. The van der Waals surface area contributed by atoms with Crippen molar-refractivity contribution in [3.63, 3.8) is 0 Å². The number of hydrogen-bond donors (Lipinski definition) is 1. The van der Waals surface area contributed by atoms with E-state index in [1.807, 2.05) is 0 Å². The molecular formula is C15H21NO7S. The fraction of sp³-hybridized carbons (Fsp3) is 0.467. The molecule has 1 aromatic carbocycles. The first kappa shape index (κ1) is 20.1. The molecule has 0 saturated carbocycles. The monoisotopic (exact) mass is 359 g/mol. The Labute approximate surface area is 141 Å². The smallest absolute Gasteiger partial charge is 0.337 e. The quantitative estimate of drug-likeness (QED) is 0.522. The molecule has 0 amide bonds. The second-order valence-corrected chi connectivity index (χ2v) is 6.56. The fourth-order valence-electron chi connectivity index (χ4n) is 2.13. The van der Waals surface area contributed by atoms with Gasteiger partial charge in [-0.3, -0.25) is 8.98 Å². The molecule has 1 rings (SSSR count). The third kappa shape index (κ3) is 5.59. The number of hydrogen-bond acceptors (Lipinski definition) is 8. The van der Waals surface area contributed by atoms with E-state index in [9.17, 15) is 18.0 Å². The zero-order valence-corrected chi connectivity index (χ0v) is 14.5. The van der Waals surface area contributed by atoms with E-state index in [0.717, 1.165) is 13.4 Å². The lowest BCUT2D eigenvalue weighted by atomic mass is 9.89. The second-order valence-electron chi connectivity index (χ2n) is 4.96. The molecule has 0 aliphatic heterocycles. The van der Waals surface area contributed by atoms with Crippen molar-refractivity contribution in [2.24, 2.45) is 11.7 Å². The summed E-state index contributed by atoms with van der Waals surface area (Å²) in [5.41, 5.74) is 6.61. The molecule has 1 unspecified atom stereocenters. The molecule has 8 nitrogen and oxygen atoms in total. The second kappa shape index (κ2) is 8.76. The van der Waals surface area contributed by atoms with Gasteiger partial charge in [-0.05, 0) is 12.5 Å². The largest absolute Gasteiger partial charge is 0.467 e. The number of nitrogens with two attached hydrogens (primary N) is 1. The molecule has 0 bridgehead atoms. The van der Waals surface area contributed by atoms with Crippen LogP contribution in [0.25, 0.3) is 0 Å². The molecule has 24 heavy (non-hydrogen) atoms. The maximum Gasteiger partial charge on any atom is 0.337 e. The zero-order chi connectivity index (χ0) is 18.3. The highest BCUT2D eigenvalue weighted by Crippen LogP contribution is 2.27. The van der Waals surface area contributed by atoms with E-state index < -0.39 is 40.1 Å². The van der Waals surface area contributed by atoms with Crippen LogP contribution in [0.5, 0.6) is 0 Å². The molecule has 0 saturated heterocycles. The number of methoxy groups -OCH3 is 1. The Morgan fingerprint density at radius 2 is 1.75 bits per heavy atom. The molecule has 0 fully saturated rings. The lowest BCUT2D eigenvalue weighted by Gasteiger charge is -2.27. The first-order valence-electron chi connectivity index (χ1n) is 7.14. The number of carbonyl (C=O) groups excluding carboxylic acids is 2. The highest BCUT2D eigenvalue weighted by atomic mass is 32.2. The Balaban J connectivity index is 3.31. The minimum atomic E-state index is -4.05. The van der Waals surface area contributed by atoms with Crippen LogP contribution >= 0.6 is 0 Å². The van der Waals surface area contributed by atoms with Crippen molar-refractivity contribution in [2.75, 3.05) is 20.0 Å². The summed E-state index contributed by atoms with van der Waals surface area (Å²) >= 11 is 0. The third-order valence-electron chi connectivity index (χ3n) is 3.17. The lowest BCUT2D eigenvalue weighted by molar-refractivity contribution is -0.163. The van der Waals surface area contributed by atoms with E-state index in [0.29, 0.717) is 5.56 Å². The molecular weight excluding hydrogens is 338 g/mol. The van der Waals surface area contributed by atoms with Gasteiger partial charge in [0.2, 0.25) is 0 Å². The van der Waals surface area contributed by atoms with Crippen molar-refractivity contribution in [2.45, 2.75) is 19.1 Å². The minimum absolute atomic E-state index is 0.0314. The van der Waals surface area contributed by atoms with E-state index in [2.05, 4.69) is 4.74 Å². The Bertz CT molecular complexity index is 660. The zero-order valence-electron chi connectivity index (χ0n) is 13.7. The Morgan fingerprint density at radius 3 is 2.21 bits per heavy atom. The predicted molar refractivity (Wildman–Crippen MR) is 85.2 cm³/mol. The van der Waals surface area contributed by atoms with Crippen LogP contribution in [0, 0.1) is 5.92 Å². The van der Waals surface area contributed by atoms with Gasteiger partial charge in [0.05, 0.1) is 20.0 Å². The van der Waals surface area contributed by atoms with Gasteiger partial charge in [0, 0.05) is 6.04 Å². The molecule has 1 aromatic rings. The van der Waals surface area contributed by atoms with Crippen LogP contribution in [0.1, 0.15) is 18.5 Å². The number of carbonyl (C=O) groups is 2. The van der Waals surface area contributed by atoms with Crippen LogP contribution < -0.4 is 5.73 Å². The van der Waals surface area contributed by atoms with E-state index >= 15 is 0 Å². The normalized spacial score (nSPS) is 15.2. The summed E-state index contributed by atoms with van der Waals surface area (Å²) in [5, 5.41) is 0. The van der Waals surface area contributed by atoms with E-state index in [-0.39, 0.29) is 6.61 Å². The lowest BCUT2D eigenvalue weighted by Crippen LogP contribution is -2.45. The van der Waals surface area contributed by atoms with Crippen molar-refractivity contribution in [1.29, 1.82) is 0 Å². The summed E-state index contributed by atoms with van der Waals surface area (Å²) < 4.78 is 37.2. The molecule has 9 heteroatoms. The van der Waals surface area contributed by atoms with Crippen LogP contribution in [0.4, 0.5) is 0 Å². The van der Waals surface area contributed by atoms with Crippen LogP contribution in [0.2, 0.25) is 0 Å². The van der Waals surface area contributed by atoms with E-state index in [1.165, 1.54) is 0 Å². The summed E-state index contributed by atoms with van der Waals surface area (Å²) in [6, 6.07) is 7.40. The summed E-state index contributed by atoms with van der Waals surface area (Å²) in [7, 11) is -3.00. The summed E-state index contributed by atoms with van der Waals surface area (Å²) in [4.78, 5) is 24.3. The Kier molecular flexibility index (Phi) is 7.33. The minimum Gasteiger partial charge on any atom is -0.467 e. The van der Waals surface area contributed by atoms with Gasteiger partial charge in [0.15, 0.2) is 6.10 Å². The fourth-order valence-corrected chi connectivity index (χ4v) is 2.70. The van der Waals surface area contributed by atoms with Crippen LogP contribution in [0.15, 0.2) is 30.3 Å². The van der Waals surface area contributed by atoms with Gasteiger partial charge in [-0.15, -0.1) is 0 Å². The van der Waals surface area contributed by atoms with Crippen molar-refractivity contribution in [3.05, 3.63) is 35.9 Å². The maximum atomic E-state index is 12.3. The molecule has 0 aliphatic rings. The molecule has 134 valence electrons. The topological polar surface area (TPSA) is 122 Å². The number of rotatable bonds is 8. The summed E-state index contributed by atoms with van der Waals surface area (Å²) in [6.45, 7) is 1.61. The number of esters is 2. The van der Waals surface area contributed by atoms with Gasteiger partial charge in [-0.25, -0.2) is 4.79 Å². The van der Waals surface area contributed by atoms with Gasteiger partial charge in [0.25, 0.3) is 10.1 Å². The van der Waals surface area contributed by atoms with Gasteiger partial charge in [-0.2, -0.15) is 8.42 Å². The highest BCUT2D eigenvalue weighted by Gasteiger charge is 2.43. The van der Waals surface area contributed by atoms with Crippen LogP contribution in [0.3, 0.4) is 0 Å².